The number of ether oxygens (including phenoxy) is 1. The third kappa shape index (κ3) is 3.90. The lowest BCUT2D eigenvalue weighted by molar-refractivity contribution is 0.102. The second-order valence-corrected chi connectivity index (χ2v) is 6.88. The number of carbonyl (C=O) groups excluding carboxylic acids is 1. The Kier molecular flexibility index (Phi) is 5.50. The minimum Gasteiger partial charge on any atom is -0.495 e. The summed E-state index contributed by atoms with van der Waals surface area (Å²) < 4.78 is 18.7. The largest absolute Gasteiger partial charge is 0.495 e. The number of hydrogen-bond acceptors (Lipinski definition) is 4. The van der Waals surface area contributed by atoms with Crippen molar-refractivity contribution in [1.82, 2.24) is 4.98 Å². The summed E-state index contributed by atoms with van der Waals surface area (Å²) in [6.45, 7) is 0. The highest BCUT2D eigenvalue weighted by molar-refractivity contribution is 6.34. The maximum Gasteiger partial charge on any atom is 0.257 e. The fourth-order valence-corrected chi connectivity index (χ4v) is 3.34. The molecule has 0 aliphatic rings. The Bertz CT molecular complexity index is 1250. The third-order valence-corrected chi connectivity index (χ3v) is 4.89. The van der Waals surface area contributed by atoms with Gasteiger partial charge in [0.2, 0.25) is 0 Å². The number of anilines is 3. The van der Waals surface area contributed by atoms with Crippen molar-refractivity contribution >= 4 is 45.5 Å². The SMILES string of the molecule is COc1ccccc1Nc1ncc(C(=O)Nc2ccc(F)cc2Cl)c2ccccc12. The number of pyridine rings is 1. The van der Waals surface area contributed by atoms with E-state index in [4.69, 9.17) is 16.3 Å². The van der Waals surface area contributed by atoms with E-state index < -0.39 is 11.7 Å². The van der Waals surface area contributed by atoms with Gasteiger partial charge in [0, 0.05) is 11.6 Å². The maximum absolute atomic E-state index is 13.3. The van der Waals surface area contributed by atoms with E-state index in [9.17, 15) is 9.18 Å². The van der Waals surface area contributed by atoms with Crippen LogP contribution in [0.15, 0.2) is 72.9 Å². The van der Waals surface area contributed by atoms with E-state index in [1.165, 1.54) is 18.3 Å². The minimum atomic E-state index is -0.475. The number of nitrogens with zero attached hydrogens (tertiary/aromatic N) is 1. The standard InChI is InChI=1S/C23H17ClFN3O2/c1-30-21-9-5-4-8-20(21)27-22-16-7-3-2-6-15(16)17(13-26-22)23(29)28-19-11-10-14(25)12-18(19)24/h2-13H,1H3,(H,26,27)(H,28,29). The van der Waals surface area contributed by atoms with Crippen LogP contribution in [0.3, 0.4) is 0 Å². The highest BCUT2D eigenvalue weighted by atomic mass is 35.5. The van der Waals surface area contributed by atoms with Gasteiger partial charge in [-0.25, -0.2) is 9.37 Å². The van der Waals surface area contributed by atoms with E-state index in [1.807, 2.05) is 48.5 Å². The zero-order valence-corrected chi connectivity index (χ0v) is 16.7. The normalized spacial score (nSPS) is 10.6. The number of hydrogen-bond donors (Lipinski definition) is 2. The lowest BCUT2D eigenvalue weighted by atomic mass is 10.1. The van der Waals surface area contributed by atoms with E-state index in [-0.39, 0.29) is 5.02 Å². The van der Waals surface area contributed by atoms with Crippen molar-refractivity contribution in [1.29, 1.82) is 0 Å². The number of carbonyl (C=O) groups is 1. The van der Waals surface area contributed by atoms with Crippen LogP contribution in [0, 0.1) is 5.82 Å². The van der Waals surface area contributed by atoms with Gasteiger partial charge >= 0.3 is 0 Å². The fourth-order valence-electron chi connectivity index (χ4n) is 3.13. The van der Waals surface area contributed by atoms with Gasteiger partial charge in [-0.1, -0.05) is 48.0 Å². The number of benzene rings is 3. The molecule has 1 heterocycles. The molecule has 4 rings (SSSR count). The van der Waals surface area contributed by atoms with Gasteiger partial charge in [-0.05, 0) is 35.7 Å². The average molecular weight is 422 g/mol. The number of rotatable bonds is 5. The van der Waals surface area contributed by atoms with Crippen LogP contribution in [0.2, 0.25) is 5.02 Å². The summed E-state index contributed by atoms with van der Waals surface area (Å²) >= 11 is 6.03. The van der Waals surface area contributed by atoms with E-state index >= 15 is 0 Å². The second kappa shape index (κ2) is 8.39. The van der Waals surface area contributed by atoms with Crippen LogP contribution >= 0.6 is 11.6 Å². The van der Waals surface area contributed by atoms with E-state index in [1.54, 1.807) is 7.11 Å². The quantitative estimate of drug-likeness (QED) is 0.413. The average Bonchev–Trinajstić information content (AvgIpc) is 2.76. The molecule has 0 aliphatic heterocycles. The van der Waals surface area contributed by atoms with Gasteiger partial charge in [0.05, 0.1) is 29.1 Å². The molecule has 3 aromatic carbocycles. The first kappa shape index (κ1) is 19.7. The summed E-state index contributed by atoms with van der Waals surface area (Å²) in [5.41, 5.74) is 1.45. The van der Waals surface area contributed by atoms with Crippen LogP contribution in [0.4, 0.5) is 21.6 Å². The molecular formula is C23H17ClFN3O2. The van der Waals surface area contributed by atoms with Crippen molar-refractivity contribution in [3.8, 4) is 5.75 Å². The number of aromatic nitrogens is 1. The minimum absolute atomic E-state index is 0.120. The maximum atomic E-state index is 13.3. The summed E-state index contributed by atoms with van der Waals surface area (Å²) in [5, 5.41) is 7.58. The summed E-state index contributed by atoms with van der Waals surface area (Å²) in [4.78, 5) is 17.3. The molecule has 2 N–H and O–H groups in total. The molecule has 0 unspecified atom stereocenters. The monoisotopic (exact) mass is 421 g/mol. The lowest BCUT2D eigenvalue weighted by Crippen LogP contribution is -2.13. The molecule has 0 saturated heterocycles. The molecule has 0 aliphatic carbocycles. The first-order chi connectivity index (χ1) is 14.6. The molecule has 0 saturated carbocycles. The Hall–Kier alpha value is -3.64. The van der Waals surface area contributed by atoms with E-state index in [0.717, 1.165) is 17.1 Å². The molecule has 4 aromatic rings. The van der Waals surface area contributed by atoms with Crippen molar-refractivity contribution < 1.29 is 13.9 Å². The van der Waals surface area contributed by atoms with Crippen LogP contribution in [-0.4, -0.2) is 18.0 Å². The lowest BCUT2D eigenvalue weighted by Gasteiger charge is -2.14. The molecule has 0 spiro atoms. The first-order valence-electron chi connectivity index (χ1n) is 9.11. The summed E-state index contributed by atoms with van der Waals surface area (Å²) in [6, 6.07) is 18.7. The van der Waals surface area contributed by atoms with E-state index in [2.05, 4.69) is 15.6 Å². The molecule has 1 amide bonds. The molecule has 5 nitrogen and oxygen atoms in total. The first-order valence-corrected chi connectivity index (χ1v) is 9.49. The fraction of sp³-hybridized carbons (Fsp3) is 0.0435. The number of nitrogens with one attached hydrogen (secondary N) is 2. The van der Waals surface area contributed by atoms with Crippen molar-refractivity contribution in [2.75, 3.05) is 17.7 Å². The highest BCUT2D eigenvalue weighted by Gasteiger charge is 2.16. The van der Waals surface area contributed by atoms with Gasteiger partial charge in [-0.2, -0.15) is 0 Å². The zero-order chi connectivity index (χ0) is 21.1. The number of para-hydroxylation sites is 2. The van der Waals surface area contributed by atoms with Crippen molar-refractivity contribution in [2.45, 2.75) is 0 Å². The molecule has 150 valence electrons. The second-order valence-electron chi connectivity index (χ2n) is 6.47. The highest BCUT2D eigenvalue weighted by Crippen LogP contribution is 2.31. The van der Waals surface area contributed by atoms with Crippen LogP contribution in [0.1, 0.15) is 10.4 Å². The van der Waals surface area contributed by atoms with Gasteiger partial charge in [-0.15, -0.1) is 0 Å². The molecule has 0 radical (unpaired) electrons. The van der Waals surface area contributed by atoms with Gasteiger partial charge < -0.3 is 15.4 Å². The van der Waals surface area contributed by atoms with Crippen molar-refractivity contribution in [2.24, 2.45) is 0 Å². The van der Waals surface area contributed by atoms with E-state index in [0.29, 0.717) is 28.2 Å². The Labute approximate surface area is 177 Å². The predicted octanol–water partition coefficient (Wildman–Crippen LogP) is 6.03. The Morgan fingerprint density at radius 3 is 2.50 bits per heavy atom. The van der Waals surface area contributed by atoms with Crippen LogP contribution in [0.5, 0.6) is 5.75 Å². The smallest absolute Gasteiger partial charge is 0.257 e. The van der Waals surface area contributed by atoms with Gasteiger partial charge in [0.25, 0.3) is 5.91 Å². The summed E-state index contributed by atoms with van der Waals surface area (Å²) in [7, 11) is 1.60. The van der Waals surface area contributed by atoms with Crippen molar-refractivity contribution in [3.05, 3.63) is 89.3 Å². The van der Waals surface area contributed by atoms with Gasteiger partial charge in [0.15, 0.2) is 0 Å². The topological polar surface area (TPSA) is 63.2 Å². The molecule has 0 fully saturated rings. The third-order valence-electron chi connectivity index (χ3n) is 4.58. The van der Waals surface area contributed by atoms with Crippen LogP contribution in [-0.2, 0) is 0 Å². The Morgan fingerprint density at radius 1 is 1.00 bits per heavy atom. The summed E-state index contributed by atoms with van der Waals surface area (Å²) in [6.07, 6.45) is 1.49. The number of halogens is 2. The van der Waals surface area contributed by atoms with Gasteiger partial charge in [-0.3, -0.25) is 4.79 Å². The number of methoxy groups -OCH3 is 1. The molecule has 7 heteroatoms. The van der Waals surface area contributed by atoms with Crippen molar-refractivity contribution in [3.63, 3.8) is 0 Å². The molecule has 30 heavy (non-hydrogen) atoms. The van der Waals surface area contributed by atoms with Crippen LogP contribution < -0.4 is 15.4 Å². The number of fused-ring (bicyclic) bond motifs is 1. The predicted molar refractivity (Wildman–Crippen MR) is 117 cm³/mol. The Morgan fingerprint density at radius 2 is 1.73 bits per heavy atom. The zero-order valence-electron chi connectivity index (χ0n) is 15.9. The molecule has 0 atom stereocenters. The Balaban J connectivity index is 1.71. The molecule has 1 aromatic heterocycles. The summed E-state index contributed by atoms with van der Waals surface area (Å²) in [5.74, 6) is 0.399. The molecule has 0 bridgehead atoms. The molecular weight excluding hydrogens is 405 g/mol. The number of amides is 1. The van der Waals surface area contributed by atoms with Gasteiger partial charge in [0.1, 0.15) is 17.4 Å². The van der Waals surface area contributed by atoms with Crippen LogP contribution in [0.25, 0.3) is 10.8 Å².